The fraction of sp³-hybridized carbons (Fsp3) is 0.560. The quantitative estimate of drug-likeness (QED) is 0.167. The molecule has 0 radical (unpaired) electrons. The third-order valence-corrected chi connectivity index (χ3v) is 6.37. The molecule has 0 aliphatic heterocycles. The summed E-state index contributed by atoms with van der Waals surface area (Å²) in [6.45, 7) is 19.0. The van der Waals surface area contributed by atoms with Crippen LogP contribution < -0.4 is 0 Å². The van der Waals surface area contributed by atoms with Gasteiger partial charge in [0.15, 0.2) is 0 Å². The Kier molecular flexibility index (Phi) is 12.0. The molecule has 0 N–H and O–H groups in total. The molecule has 1 heterocycles. The molecule has 27 heavy (non-hydrogen) atoms. The van der Waals surface area contributed by atoms with E-state index in [9.17, 15) is 0 Å². The van der Waals surface area contributed by atoms with Gasteiger partial charge >= 0.3 is 0 Å². The van der Waals surface area contributed by atoms with Crippen molar-refractivity contribution in [3.8, 4) is 0 Å². The largest absolute Gasteiger partial charge is 0.241 e. The van der Waals surface area contributed by atoms with Crippen molar-refractivity contribution in [2.24, 2.45) is 5.92 Å². The molecule has 1 nitrogen and oxygen atoms in total. The van der Waals surface area contributed by atoms with Crippen LogP contribution in [0.4, 0.5) is 0 Å². The summed E-state index contributed by atoms with van der Waals surface area (Å²) in [5.41, 5.74) is 5.21. The standard InChI is InChI=1S/C25H39NS/c1-7-10-11-12-13-14-16-23(9-3)22(6)20(4)17-18-21(5)25-26-24(15-8-2)19-27-25/h8-9,19-20H,2-3,5,7,10-18H2,1,4,6H3/b23-22+. The van der Waals surface area contributed by atoms with Crippen LogP contribution in [-0.2, 0) is 6.42 Å². The third-order valence-electron chi connectivity index (χ3n) is 5.38. The van der Waals surface area contributed by atoms with Crippen LogP contribution in [0.5, 0.6) is 0 Å². The van der Waals surface area contributed by atoms with Crippen molar-refractivity contribution in [1.29, 1.82) is 0 Å². The fourth-order valence-electron chi connectivity index (χ4n) is 3.30. The Labute approximate surface area is 172 Å². The summed E-state index contributed by atoms with van der Waals surface area (Å²) < 4.78 is 0. The molecule has 0 saturated heterocycles. The summed E-state index contributed by atoms with van der Waals surface area (Å²) >= 11 is 1.70. The molecular formula is C25H39NS. The van der Waals surface area contributed by atoms with Gasteiger partial charge in [0.25, 0.3) is 0 Å². The first-order chi connectivity index (χ1) is 13.0. The second-order valence-electron chi connectivity index (χ2n) is 7.61. The zero-order valence-corrected chi connectivity index (χ0v) is 18.7. The predicted molar refractivity (Wildman–Crippen MR) is 124 cm³/mol. The summed E-state index contributed by atoms with van der Waals surface area (Å²) in [5.74, 6) is 0.558. The summed E-state index contributed by atoms with van der Waals surface area (Å²) in [6, 6.07) is 0. The fourth-order valence-corrected chi connectivity index (χ4v) is 4.13. The average molecular weight is 386 g/mol. The van der Waals surface area contributed by atoms with Crippen LogP contribution in [-0.4, -0.2) is 4.98 Å². The highest BCUT2D eigenvalue weighted by molar-refractivity contribution is 7.10. The Bertz CT molecular complexity index is 620. The summed E-state index contributed by atoms with van der Waals surface area (Å²) in [5, 5.41) is 3.20. The molecule has 1 rings (SSSR count). The van der Waals surface area contributed by atoms with Crippen LogP contribution in [0.2, 0.25) is 0 Å². The predicted octanol–water partition coefficient (Wildman–Crippen LogP) is 8.55. The second-order valence-corrected chi connectivity index (χ2v) is 8.47. The van der Waals surface area contributed by atoms with E-state index in [1.54, 1.807) is 11.3 Å². The molecule has 0 aromatic carbocycles. The van der Waals surface area contributed by atoms with Crippen LogP contribution in [0.15, 0.2) is 48.4 Å². The van der Waals surface area contributed by atoms with E-state index in [1.807, 2.05) is 6.08 Å². The minimum Gasteiger partial charge on any atom is -0.241 e. The van der Waals surface area contributed by atoms with Gasteiger partial charge in [0, 0.05) is 11.8 Å². The molecule has 0 aliphatic carbocycles. The maximum atomic E-state index is 4.66. The maximum Gasteiger partial charge on any atom is 0.118 e. The van der Waals surface area contributed by atoms with E-state index in [-0.39, 0.29) is 0 Å². The van der Waals surface area contributed by atoms with Crippen LogP contribution in [0, 0.1) is 5.92 Å². The SMILES string of the molecule is C=CCc1csc(C(=C)CCC(C)/C(C)=C(\C=C)CCCCCCCC)n1. The molecule has 0 bridgehead atoms. The number of unbranched alkanes of at least 4 members (excludes halogenated alkanes) is 5. The van der Waals surface area contributed by atoms with Crippen LogP contribution in [0.3, 0.4) is 0 Å². The van der Waals surface area contributed by atoms with E-state index >= 15 is 0 Å². The van der Waals surface area contributed by atoms with Gasteiger partial charge in [-0.25, -0.2) is 4.98 Å². The van der Waals surface area contributed by atoms with Gasteiger partial charge in [0.05, 0.1) is 5.69 Å². The minimum absolute atomic E-state index is 0.558. The number of hydrogen-bond acceptors (Lipinski definition) is 2. The molecule has 0 amide bonds. The molecule has 1 unspecified atom stereocenters. The van der Waals surface area contributed by atoms with Crippen molar-refractivity contribution >= 4 is 16.9 Å². The molecule has 0 spiro atoms. The van der Waals surface area contributed by atoms with Gasteiger partial charge in [0.2, 0.25) is 0 Å². The monoisotopic (exact) mass is 385 g/mol. The number of aromatic nitrogens is 1. The van der Waals surface area contributed by atoms with Crippen LogP contribution >= 0.6 is 11.3 Å². The number of allylic oxidation sites excluding steroid dienone is 5. The lowest BCUT2D eigenvalue weighted by Crippen LogP contribution is -2.01. The Balaban J connectivity index is 2.47. The van der Waals surface area contributed by atoms with Crippen molar-refractivity contribution in [2.75, 3.05) is 0 Å². The number of rotatable bonds is 15. The van der Waals surface area contributed by atoms with Crippen molar-refractivity contribution < 1.29 is 0 Å². The van der Waals surface area contributed by atoms with E-state index in [0.29, 0.717) is 5.92 Å². The molecule has 0 aliphatic rings. The number of thiazole rings is 1. The van der Waals surface area contributed by atoms with Crippen molar-refractivity contribution in [3.63, 3.8) is 0 Å². The molecule has 1 aromatic rings. The zero-order chi connectivity index (χ0) is 20.1. The third kappa shape index (κ3) is 8.88. The van der Waals surface area contributed by atoms with Crippen LogP contribution in [0.25, 0.3) is 5.57 Å². The Morgan fingerprint density at radius 2 is 1.85 bits per heavy atom. The Hall–Kier alpha value is -1.41. The first-order valence-electron chi connectivity index (χ1n) is 10.6. The Morgan fingerprint density at radius 3 is 2.52 bits per heavy atom. The van der Waals surface area contributed by atoms with Crippen LogP contribution in [0.1, 0.15) is 89.3 Å². The molecule has 1 atom stereocenters. The van der Waals surface area contributed by atoms with Gasteiger partial charge in [-0.05, 0) is 49.7 Å². The molecule has 0 fully saturated rings. The molecule has 1 aromatic heterocycles. The van der Waals surface area contributed by atoms with Crippen molar-refractivity contribution in [2.45, 2.75) is 85.0 Å². The van der Waals surface area contributed by atoms with Gasteiger partial charge in [-0.1, -0.05) is 76.8 Å². The van der Waals surface area contributed by atoms with Gasteiger partial charge in [0.1, 0.15) is 5.01 Å². The van der Waals surface area contributed by atoms with Gasteiger partial charge < -0.3 is 0 Å². The normalized spacial score (nSPS) is 13.1. The first kappa shape index (κ1) is 23.6. The molecule has 150 valence electrons. The van der Waals surface area contributed by atoms with Gasteiger partial charge in [-0.2, -0.15) is 0 Å². The number of hydrogen-bond donors (Lipinski definition) is 0. The van der Waals surface area contributed by atoms with E-state index < -0.39 is 0 Å². The summed E-state index contributed by atoms with van der Waals surface area (Å²) in [6.07, 6.45) is 16.2. The van der Waals surface area contributed by atoms with E-state index in [0.717, 1.165) is 35.5 Å². The lowest BCUT2D eigenvalue weighted by atomic mass is 9.89. The zero-order valence-electron chi connectivity index (χ0n) is 17.9. The van der Waals surface area contributed by atoms with Gasteiger partial charge in [-0.3, -0.25) is 0 Å². The minimum atomic E-state index is 0.558. The smallest absolute Gasteiger partial charge is 0.118 e. The van der Waals surface area contributed by atoms with Gasteiger partial charge in [-0.15, -0.1) is 17.9 Å². The van der Waals surface area contributed by atoms with E-state index in [4.69, 9.17) is 0 Å². The lowest BCUT2D eigenvalue weighted by Gasteiger charge is -2.17. The van der Waals surface area contributed by atoms with E-state index in [1.165, 1.54) is 56.1 Å². The van der Waals surface area contributed by atoms with Crippen molar-refractivity contribution in [3.05, 3.63) is 59.1 Å². The number of nitrogens with zero attached hydrogens (tertiary/aromatic N) is 1. The molecule has 0 saturated carbocycles. The van der Waals surface area contributed by atoms with E-state index in [2.05, 4.69) is 56.9 Å². The highest BCUT2D eigenvalue weighted by Gasteiger charge is 2.11. The second kappa shape index (κ2) is 13.7. The van der Waals surface area contributed by atoms with Crippen molar-refractivity contribution in [1.82, 2.24) is 4.98 Å². The summed E-state index contributed by atoms with van der Waals surface area (Å²) in [4.78, 5) is 4.66. The molecule has 2 heteroatoms. The average Bonchev–Trinajstić information content (AvgIpc) is 3.14. The highest BCUT2D eigenvalue weighted by atomic mass is 32.1. The molecular weight excluding hydrogens is 346 g/mol. The maximum absolute atomic E-state index is 4.66. The Morgan fingerprint density at radius 1 is 1.15 bits per heavy atom. The lowest BCUT2D eigenvalue weighted by molar-refractivity contribution is 0.594. The summed E-state index contributed by atoms with van der Waals surface area (Å²) in [7, 11) is 0. The highest BCUT2D eigenvalue weighted by Crippen LogP contribution is 2.29. The topological polar surface area (TPSA) is 12.9 Å². The first-order valence-corrected chi connectivity index (χ1v) is 11.5.